The van der Waals surface area contributed by atoms with E-state index in [4.69, 9.17) is 4.74 Å². The van der Waals surface area contributed by atoms with Gasteiger partial charge in [0, 0.05) is 18.7 Å². The van der Waals surface area contributed by atoms with E-state index < -0.39 is 27.8 Å². The minimum atomic E-state index is -3.10. The van der Waals surface area contributed by atoms with Crippen LogP contribution >= 0.6 is 11.3 Å². The number of nitrogens with zero attached hydrogens (tertiary/aromatic N) is 1. The Morgan fingerprint density at radius 1 is 1.21 bits per heavy atom. The molecule has 0 unspecified atom stereocenters. The van der Waals surface area contributed by atoms with Gasteiger partial charge in [-0.15, -0.1) is 11.3 Å². The fraction of sp³-hybridized carbons (Fsp3) is 0.400. The molecule has 1 aliphatic rings. The SMILES string of the molecule is Cc1ccc(-c2ccsc2C(=O)O[C@H](C)C(=O)N(C)[C@H]2CCS(=O)(=O)C2)cc1. The van der Waals surface area contributed by atoms with Gasteiger partial charge in [0.1, 0.15) is 4.88 Å². The molecule has 1 fully saturated rings. The summed E-state index contributed by atoms with van der Waals surface area (Å²) in [6, 6.07) is 9.31. The van der Waals surface area contributed by atoms with E-state index in [1.807, 2.05) is 42.6 Å². The van der Waals surface area contributed by atoms with Crippen LogP contribution in [-0.2, 0) is 19.4 Å². The lowest BCUT2D eigenvalue weighted by atomic mass is 10.1. The Morgan fingerprint density at radius 2 is 1.89 bits per heavy atom. The summed E-state index contributed by atoms with van der Waals surface area (Å²) in [5, 5.41) is 1.81. The van der Waals surface area contributed by atoms with E-state index in [-0.39, 0.29) is 17.5 Å². The highest BCUT2D eigenvalue weighted by atomic mass is 32.2. The Hall–Kier alpha value is -2.19. The number of carbonyl (C=O) groups excluding carboxylic acids is 2. The molecule has 2 atom stereocenters. The largest absolute Gasteiger partial charge is 0.448 e. The minimum absolute atomic E-state index is 0.0433. The maximum absolute atomic E-state index is 12.7. The van der Waals surface area contributed by atoms with Crippen molar-refractivity contribution in [3.8, 4) is 11.1 Å². The number of thiophene rings is 1. The number of amides is 1. The van der Waals surface area contributed by atoms with E-state index in [2.05, 4.69) is 0 Å². The molecule has 28 heavy (non-hydrogen) atoms. The van der Waals surface area contributed by atoms with Crippen LogP contribution < -0.4 is 0 Å². The maximum atomic E-state index is 12.7. The zero-order chi connectivity index (χ0) is 20.5. The van der Waals surface area contributed by atoms with Gasteiger partial charge in [0.15, 0.2) is 15.9 Å². The Balaban J connectivity index is 1.69. The van der Waals surface area contributed by atoms with E-state index in [9.17, 15) is 18.0 Å². The van der Waals surface area contributed by atoms with Gasteiger partial charge < -0.3 is 9.64 Å². The number of hydrogen-bond acceptors (Lipinski definition) is 6. The lowest BCUT2D eigenvalue weighted by Crippen LogP contribution is -2.44. The molecular formula is C20H23NO5S2. The van der Waals surface area contributed by atoms with Crippen LogP contribution in [-0.4, -0.2) is 55.9 Å². The van der Waals surface area contributed by atoms with Gasteiger partial charge >= 0.3 is 5.97 Å². The molecule has 0 radical (unpaired) electrons. The first kappa shape index (κ1) is 20.5. The van der Waals surface area contributed by atoms with Crippen LogP contribution in [0.1, 0.15) is 28.6 Å². The van der Waals surface area contributed by atoms with Crippen molar-refractivity contribution in [3.05, 3.63) is 46.2 Å². The highest BCUT2D eigenvalue weighted by Gasteiger charge is 2.35. The van der Waals surface area contributed by atoms with Crippen LogP contribution in [0.3, 0.4) is 0 Å². The molecule has 1 amide bonds. The van der Waals surface area contributed by atoms with Crippen LogP contribution in [0.2, 0.25) is 0 Å². The molecule has 150 valence electrons. The smallest absolute Gasteiger partial charge is 0.349 e. The molecule has 0 N–H and O–H groups in total. The topological polar surface area (TPSA) is 80.8 Å². The van der Waals surface area contributed by atoms with Crippen LogP contribution in [0, 0.1) is 6.92 Å². The zero-order valence-electron chi connectivity index (χ0n) is 16.0. The van der Waals surface area contributed by atoms with E-state index in [1.54, 1.807) is 7.05 Å². The van der Waals surface area contributed by atoms with Crippen molar-refractivity contribution in [1.29, 1.82) is 0 Å². The lowest BCUT2D eigenvalue weighted by Gasteiger charge is -2.26. The first-order valence-electron chi connectivity index (χ1n) is 9.00. The number of ether oxygens (including phenoxy) is 1. The average molecular weight is 422 g/mol. The highest BCUT2D eigenvalue weighted by Crippen LogP contribution is 2.29. The second-order valence-corrected chi connectivity index (χ2v) is 10.2. The first-order chi connectivity index (χ1) is 13.2. The Kier molecular flexibility index (Phi) is 5.90. The second-order valence-electron chi connectivity index (χ2n) is 7.08. The van der Waals surface area contributed by atoms with Gasteiger partial charge in [0.05, 0.1) is 11.5 Å². The molecule has 2 heterocycles. The molecule has 1 aliphatic heterocycles. The average Bonchev–Trinajstić information content (AvgIpc) is 3.27. The molecule has 3 rings (SSSR count). The van der Waals surface area contributed by atoms with Crippen LogP contribution in [0.25, 0.3) is 11.1 Å². The molecule has 0 saturated carbocycles. The second kappa shape index (κ2) is 8.05. The minimum Gasteiger partial charge on any atom is -0.448 e. The maximum Gasteiger partial charge on any atom is 0.349 e. The van der Waals surface area contributed by atoms with Crippen LogP contribution in [0.4, 0.5) is 0 Å². The molecule has 1 aromatic heterocycles. The summed E-state index contributed by atoms with van der Waals surface area (Å²) in [6.07, 6.45) is -0.581. The molecule has 0 spiro atoms. The number of hydrogen-bond donors (Lipinski definition) is 0. The molecule has 1 aromatic carbocycles. The van der Waals surface area contributed by atoms with Crippen LogP contribution in [0.5, 0.6) is 0 Å². The first-order valence-corrected chi connectivity index (χ1v) is 11.7. The molecule has 6 nitrogen and oxygen atoms in total. The zero-order valence-corrected chi connectivity index (χ0v) is 17.7. The number of sulfone groups is 1. The van der Waals surface area contributed by atoms with Gasteiger partial charge in [-0.25, -0.2) is 13.2 Å². The number of rotatable bonds is 5. The number of esters is 1. The number of benzene rings is 1. The van der Waals surface area contributed by atoms with Crippen LogP contribution in [0.15, 0.2) is 35.7 Å². The summed E-state index contributed by atoms with van der Waals surface area (Å²) in [7, 11) is -1.54. The summed E-state index contributed by atoms with van der Waals surface area (Å²) in [5.74, 6) is -0.917. The van der Waals surface area contributed by atoms with Gasteiger partial charge in [-0.05, 0) is 37.3 Å². The quantitative estimate of drug-likeness (QED) is 0.694. The predicted octanol–water partition coefficient (Wildman–Crippen LogP) is 2.91. The Labute approximate surface area is 169 Å². The summed E-state index contributed by atoms with van der Waals surface area (Å²) in [5.41, 5.74) is 2.80. The number of aryl methyl sites for hydroxylation is 1. The van der Waals surface area contributed by atoms with Crippen molar-refractivity contribution in [3.63, 3.8) is 0 Å². The molecule has 1 saturated heterocycles. The lowest BCUT2D eigenvalue weighted by molar-refractivity contribution is -0.140. The number of likely N-dealkylation sites (N-methyl/N-ethyl adjacent to an activating group) is 1. The highest BCUT2D eigenvalue weighted by molar-refractivity contribution is 7.91. The third kappa shape index (κ3) is 4.44. The monoisotopic (exact) mass is 421 g/mol. The molecule has 0 aliphatic carbocycles. The molecule has 8 heteroatoms. The van der Waals surface area contributed by atoms with Crippen molar-refractivity contribution < 1.29 is 22.7 Å². The van der Waals surface area contributed by atoms with Crippen molar-refractivity contribution in [2.45, 2.75) is 32.4 Å². The standard InChI is InChI=1S/C20H23NO5S2/c1-13-4-6-15(7-5-13)17-8-10-27-18(17)20(23)26-14(2)19(22)21(3)16-9-11-28(24,25)12-16/h4-8,10,14,16H,9,11-12H2,1-3H3/t14-,16+/m1/s1. The molecule has 0 bridgehead atoms. The summed E-state index contributed by atoms with van der Waals surface area (Å²) in [6.45, 7) is 3.51. The fourth-order valence-corrected chi connectivity index (χ4v) is 5.81. The molecular weight excluding hydrogens is 398 g/mol. The molecule has 2 aromatic rings. The normalized spacial score (nSPS) is 19.2. The van der Waals surface area contributed by atoms with E-state index in [0.29, 0.717) is 11.3 Å². The van der Waals surface area contributed by atoms with Gasteiger partial charge in [-0.2, -0.15) is 0 Å². The van der Waals surface area contributed by atoms with Crippen molar-refractivity contribution >= 4 is 33.1 Å². The van der Waals surface area contributed by atoms with E-state index in [1.165, 1.54) is 23.2 Å². The Bertz CT molecular complexity index is 978. The van der Waals surface area contributed by atoms with Gasteiger partial charge in [0.2, 0.25) is 0 Å². The Morgan fingerprint density at radius 3 is 2.50 bits per heavy atom. The third-order valence-corrected chi connectivity index (χ3v) is 7.59. The predicted molar refractivity (Wildman–Crippen MR) is 109 cm³/mol. The van der Waals surface area contributed by atoms with Gasteiger partial charge in [0.25, 0.3) is 5.91 Å². The number of carbonyl (C=O) groups is 2. The summed E-state index contributed by atoms with van der Waals surface area (Å²) < 4.78 is 28.7. The third-order valence-electron chi connectivity index (χ3n) is 4.95. The van der Waals surface area contributed by atoms with Gasteiger partial charge in [-0.1, -0.05) is 29.8 Å². The van der Waals surface area contributed by atoms with Crippen molar-refractivity contribution in [1.82, 2.24) is 4.90 Å². The summed E-state index contributed by atoms with van der Waals surface area (Å²) >= 11 is 1.27. The van der Waals surface area contributed by atoms with Gasteiger partial charge in [-0.3, -0.25) is 4.79 Å². The summed E-state index contributed by atoms with van der Waals surface area (Å²) in [4.78, 5) is 27.1. The fourth-order valence-electron chi connectivity index (χ4n) is 3.24. The van der Waals surface area contributed by atoms with Crippen molar-refractivity contribution in [2.24, 2.45) is 0 Å². The van der Waals surface area contributed by atoms with E-state index >= 15 is 0 Å². The van der Waals surface area contributed by atoms with Crippen molar-refractivity contribution in [2.75, 3.05) is 18.6 Å². The van der Waals surface area contributed by atoms with E-state index in [0.717, 1.165) is 16.7 Å².